The van der Waals surface area contributed by atoms with E-state index in [1.165, 1.54) is 35.1 Å². The molecule has 3 aromatic carbocycles. The van der Waals surface area contributed by atoms with Crippen LogP contribution in [0.5, 0.6) is 5.75 Å². The summed E-state index contributed by atoms with van der Waals surface area (Å²) in [7, 11) is 0. The van der Waals surface area contributed by atoms with Crippen LogP contribution in [0, 0.1) is 6.92 Å². The summed E-state index contributed by atoms with van der Waals surface area (Å²) in [5.74, 6) is 0.210. The van der Waals surface area contributed by atoms with E-state index in [-0.39, 0.29) is 16.8 Å². The molecule has 0 saturated heterocycles. The Morgan fingerprint density at radius 3 is 2.00 bits per heavy atom. The number of carbonyl (C=O) groups excluding carboxylic acids is 1. The third-order valence-electron chi connectivity index (χ3n) is 7.07. The Hall–Kier alpha value is -3.13. The van der Waals surface area contributed by atoms with Gasteiger partial charge in [-0.1, -0.05) is 81.8 Å². The maximum Gasteiger partial charge on any atom is 0.343 e. The second-order valence-electron chi connectivity index (χ2n) is 10.7. The minimum absolute atomic E-state index is 0.199. The van der Waals surface area contributed by atoms with Crippen LogP contribution in [-0.4, -0.2) is 5.97 Å². The summed E-state index contributed by atoms with van der Waals surface area (Å²) in [4.78, 5) is 12.4. The summed E-state index contributed by atoms with van der Waals surface area (Å²) in [6.07, 6.45) is 4.62. The van der Waals surface area contributed by atoms with Crippen LogP contribution in [0.2, 0.25) is 0 Å². The third kappa shape index (κ3) is 4.95. The van der Waals surface area contributed by atoms with Crippen molar-refractivity contribution in [1.29, 1.82) is 0 Å². The number of aryl methyl sites for hydroxylation is 1. The predicted molar refractivity (Wildman–Crippen MR) is 138 cm³/mol. The van der Waals surface area contributed by atoms with Gasteiger partial charge in [-0.25, -0.2) is 4.79 Å². The van der Waals surface area contributed by atoms with E-state index in [1.54, 1.807) is 12.1 Å². The molecule has 0 atom stereocenters. The van der Waals surface area contributed by atoms with Crippen LogP contribution >= 0.6 is 0 Å². The molecule has 0 spiro atoms. The van der Waals surface area contributed by atoms with Gasteiger partial charge < -0.3 is 4.74 Å². The molecular weight excluding hydrogens is 404 g/mol. The Bertz CT molecular complexity index is 1190. The van der Waals surface area contributed by atoms with E-state index in [9.17, 15) is 4.79 Å². The van der Waals surface area contributed by atoms with Crippen molar-refractivity contribution in [3.63, 3.8) is 0 Å². The van der Waals surface area contributed by atoms with Crippen molar-refractivity contribution in [1.82, 2.24) is 0 Å². The maximum absolute atomic E-state index is 12.4. The molecular formula is C31H34O2. The van der Waals surface area contributed by atoms with Crippen molar-refractivity contribution in [3.8, 4) is 5.75 Å². The van der Waals surface area contributed by atoms with Gasteiger partial charge in [-0.05, 0) is 89.6 Å². The molecule has 2 nitrogen and oxygen atoms in total. The first-order valence-electron chi connectivity index (χ1n) is 11.8. The van der Waals surface area contributed by atoms with Crippen LogP contribution in [0.15, 0.2) is 66.7 Å². The molecule has 0 heterocycles. The Morgan fingerprint density at radius 1 is 0.788 bits per heavy atom. The number of ether oxygens (including phenoxy) is 1. The quantitative estimate of drug-likeness (QED) is 0.233. The van der Waals surface area contributed by atoms with Crippen LogP contribution < -0.4 is 4.74 Å². The summed E-state index contributed by atoms with van der Waals surface area (Å²) in [5.41, 5.74) is 8.62. The van der Waals surface area contributed by atoms with Gasteiger partial charge in [-0.2, -0.15) is 0 Å². The van der Waals surface area contributed by atoms with Crippen molar-refractivity contribution in [2.75, 3.05) is 0 Å². The van der Waals surface area contributed by atoms with Gasteiger partial charge in [-0.15, -0.1) is 0 Å². The second kappa shape index (κ2) is 8.67. The lowest BCUT2D eigenvalue weighted by molar-refractivity contribution is 0.0734. The Morgan fingerprint density at radius 2 is 1.36 bits per heavy atom. The highest BCUT2D eigenvalue weighted by Crippen LogP contribution is 2.46. The number of rotatable bonds is 4. The van der Waals surface area contributed by atoms with Crippen molar-refractivity contribution in [2.45, 2.75) is 65.2 Å². The van der Waals surface area contributed by atoms with Crippen LogP contribution in [0.25, 0.3) is 11.6 Å². The first-order chi connectivity index (χ1) is 15.5. The summed E-state index contributed by atoms with van der Waals surface area (Å²) in [6.45, 7) is 13.6. The molecule has 1 aliphatic carbocycles. The zero-order valence-corrected chi connectivity index (χ0v) is 20.7. The van der Waals surface area contributed by atoms with E-state index in [2.05, 4.69) is 58.9 Å². The predicted octanol–water partition coefficient (Wildman–Crippen LogP) is 8.12. The zero-order chi connectivity index (χ0) is 23.8. The summed E-state index contributed by atoms with van der Waals surface area (Å²) in [5, 5.41) is 0. The van der Waals surface area contributed by atoms with E-state index in [0.717, 1.165) is 11.1 Å². The monoisotopic (exact) mass is 438 g/mol. The third-order valence-corrected chi connectivity index (χ3v) is 7.07. The minimum atomic E-state index is -0.339. The first-order valence-corrected chi connectivity index (χ1v) is 11.8. The van der Waals surface area contributed by atoms with E-state index < -0.39 is 0 Å². The fraction of sp³-hybridized carbons (Fsp3) is 0.323. The van der Waals surface area contributed by atoms with Gasteiger partial charge in [-0.3, -0.25) is 0 Å². The Kier molecular flexibility index (Phi) is 6.05. The average molecular weight is 439 g/mol. The van der Waals surface area contributed by atoms with E-state index in [0.29, 0.717) is 11.3 Å². The van der Waals surface area contributed by atoms with Crippen LogP contribution in [0.1, 0.15) is 85.6 Å². The highest BCUT2D eigenvalue weighted by molar-refractivity contribution is 5.91. The lowest BCUT2D eigenvalue weighted by Crippen LogP contribution is -2.33. The largest absolute Gasteiger partial charge is 0.423 e. The van der Waals surface area contributed by atoms with Gasteiger partial charge in [0.05, 0.1) is 5.56 Å². The molecule has 4 rings (SSSR count). The number of hydrogen-bond donors (Lipinski definition) is 0. The van der Waals surface area contributed by atoms with Crippen molar-refractivity contribution < 1.29 is 9.53 Å². The average Bonchev–Trinajstić information content (AvgIpc) is 2.78. The van der Waals surface area contributed by atoms with Crippen LogP contribution in [-0.2, 0) is 10.8 Å². The van der Waals surface area contributed by atoms with Gasteiger partial charge in [0.15, 0.2) is 0 Å². The number of hydrogen-bond acceptors (Lipinski definition) is 2. The molecule has 0 N–H and O–H groups in total. The van der Waals surface area contributed by atoms with Gasteiger partial charge in [0, 0.05) is 0 Å². The number of esters is 1. The van der Waals surface area contributed by atoms with Gasteiger partial charge >= 0.3 is 5.97 Å². The number of fused-ring (bicyclic) bond motifs is 1. The Labute approximate surface area is 198 Å². The maximum atomic E-state index is 12.4. The molecule has 0 unspecified atom stereocenters. The normalized spacial score (nSPS) is 16.7. The second-order valence-corrected chi connectivity index (χ2v) is 10.7. The molecule has 33 heavy (non-hydrogen) atoms. The molecule has 0 bridgehead atoms. The molecule has 170 valence electrons. The minimum Gasteiger partial charge on any atom is -0.423 e. The molecule has 0 aliphatic heterocycles. The SMILES string of the molecule is C/C(=C\c1ccc(OC(=O)c2ccc(C)cc2)cc1)c1ccc2c(c1)C(C)(C)CCC2(C)C. The van der Waals surface area contributed by atoms with E-state index in [1.807, 2.05) is 43.3 Å². The van der Waals surface area contributed by atoms with Crippen LogP contribution in [0.4, 0.5) is 0 Å². The highest BCUT2D eigenvalue weighted by Gasteiger charge is 2.36. The van der Waals surface area contributed by atoms with Crippen molar-refractivity contribution >= 4 is 17.6 Å². The zero-order valence-electron chi connectivity index (χ0n) is 20.7. The van der Waals surface area contributed by atoms with Crippen molar-refractivity contribution in [3.05, 3.63) is 100 Å². The lowest BCUT2D eigenvalue weighted by atomic mass is 9.63. The fourth-order valence-electron chi connectivity index (χ4n) is 4.65. The summed E-state index contributed by atoms with van der Waals surface area (Å²) >= 11 is 0. The summed E-state index contributed by atoms with van der Waals surface area (Å²) < 4.78 is 5.53. The van der Waals surface area contributed by atoms with Gasteiger partial charge in [0.25, 0.3) is 0 Å². The lowest BCUT2D eigenvalue weighted by Gasteiger charge is -2.42. The Balaban J connectivity index is 1.52. The molecule has 1 aliphatic rings. The number of allylic oxidation sites excluding steroid dienone is 1. The standard InChI is InChI=1S/C31H34O2/c1-21-7-11-24(12-8-21)29(32)33-26-14-9-23(10-15-26)19-22(2)25-13-16-27-28(20-25)31(5,6)18-17-30(27,3)4/h7-16,19-20H,17-18H2,1-6H3/b22-19+. The van der Waals surface area contributed by atoms with Crippen molar-refractivity contribution in [2.24, 2.45) is 0 Å². The molecule has 2 heteroatoms. The fourth-order valence-corrected chi connectivity index (χ4v) is 4.65. The molecule has 3 aromatic rings. The summed E-state index contributed by atoms with van der Waals surface area (Å²) in [6, 6.07) is 22.1. The smallest absolute Gasteiger partial charge is 0.343 e. The molecule has 0 saturated carbocycles. The number of carbonyl (C=O) groups is 1. The molecule has 0 radical (unpaired) electrons. The van der Waals surface area contributed by atoms with E-state index >= 15 is 0 Å². The van der Waals surface area contributed by atoms with E-state index in [4.69, 9.17) is 4.74 Å². The first kappa shape index (κ1) is 23.0. The molecule has 0 amide bonds. The topological polar surface area (TPSA) is 26.3 Å². The molecule has 0 fully saturated rings. The van der Waals surface area contributed by atoms with Crippen LogP contribution in [0.3, 0.4) is 0 Å². The van der Waals surface area contributed by atoms with Gasteiger partial charge in [0.2, 0.25) is 0 Å². The molecule has 0 aromatic heterocycles. The van der Waals surface area contributed by atoms with Gasteiger partial charge in [0.1, 0.15) is 5.75 Å². The number of benzene rings is 3. The highest BCUT2D eigenvalue weighted by atomic mass is 16.5.